The Hall–Kier alpha value is -2.34. The standard InChI is InChI=1S/C15H19NO5/c1-15(2,21-4)14(19)16-11-9-10(6-8-13(17)18)5-7-12(11)20-3/h5-9H,1-4H3,(H,16,19)(H,17,18)/b8-6+. The second-order valence-corrected chi connectivity index (χ2v) is 4.80. The molecule has 2 N–H and O–H groups in total. The molecule has 1 rings (SSSR count). The van der Waals surface area contributed by atoms with Crippen LogP contribution in [0.5, 0.6) is 5.75 Å². The lowest BCUT2D eigenvalue weighted by Gasteiger charge is -2.22. The third kappa shape index (κ3) is 4.61. The number of hydrogen-bond donors (Lipinski definition) is 2. The van der Waals surface area contributed by atoms with Gasteiger partial charge in [-0.2, -0.15) is 0 Å². The summed E-state index contributed by atoms with van der Waals surface area (Å²) in [6, 6.07) is 4.97. The van der Waals surface area contributed by atoms with E-state index >= 15 is 0 Å². The number of carbonyl (C=O) groups excluding carboxylic acids is 1. The van der Waals surface area contributed by atoms with E-state index in [2.05, 4.69) is 5.32 Å². The zero-order chi connectivity index (χ0) is 16.0. The maximum Gasteiger partial charge on any atom is 0.328 e. The molecule has 0 spiro atoms. The Morgan fingerprint density at radius 1 is 1.29 bits per heavy atom. The number of methoxy groups -OCH3 is 2. The number of anilines is 1. The number of carboxylic acids is 1. The SMILES string of the molecule is COc1ccc(/C=C/C(=O)O)cc1NC(=O)C(C)(C)OC. The van der Waals surface area contributed by atoms with E-state index in [4.69, 9.17) is 14.6 Å². The van der Waals surface area contributed by atoms with Crippen LogP contribution in [0.15, 0.2) is 24.3 Å². The molecule has 0 saturated carbocycles. The highest BCUT2D eigenvalue weighted by Crippen LogP contribution is 2.27. The van der Waals surface area contributed by atoms with Crippen LogP contribution in [0.4, 0.5) is 5.69 Å². The molecule has 0 aromatic heterocycles. The van der Waals surface area contributed by atoms with Gasteiger partial charge in [0.25, 0.3) is 5.91 Å². The molecule has 114 valence electrons. The molecular formula is C15H19NO5. The first-order valence-corrected chi connectivity index (χ1v) is 6.26. The van der Waals surface area contributed by atoms with Gasteiger partial charge in [0, 0.05) is 13.2 Å². The smallest absolute Gasteiger partial charge is 0.328 e. The zero-order valence-electron chi connectivity index (χ0n) is 12.5. The van der Waals surface area contributed by atoms with Crippen molar-refractivity contribution in [2.75, 3.05) is 19.5 Å². The fourth-order valence-corrected chi connectivity index (χ4v) is 1.46. The van der Waals surface area contributed by atoms with Gasteiger partial charge >= 0.3 is 5.97 Å². The van der Waals surface area contributed by atoms with Gasteiger partial charge in [0.2, 0.25) is 0 Å². The first-order valence-electron chi connectivity index (χ1n) is 6.26. The van der Waals surface area contributed by atoms with Crippen LogP contribution in [0.1, 0.15) is 19.4 Å². The predicted octanol–water partition coefficient (Wildman–Crippen LogP) is 2.16. The molecule has 1 amide bonds. The van der Waals surface area contributed by atoms with Gasteiger partial charge in [-0.05, 0) is 37.6 Å². The molecule has 0 atom stereocenters. The number of amides is 1. The van der Waals surface area contributed by atoms with E-state index < -0.39 is 11.6 Å². The van der Waals surface area contributed by atoms with Crippen LogP contribution < -0.4 is 10.1 Å². The first-order chi connectivity index (χ1) is 9.80. The lowest BCUT2D eigenvalue weighted by molar-refractivity contribution is -0.133. The number of carboxylic acid groups (broad SMARTS) is 1. The van der Waals surface area contributed by atoms with Gasteiger partial charge in [0.05, 0.1) is 12.8 Å². The van der Waals surface area contributed by atoms with Crippen LogP contribution in [-0.4, -0.2) is 36.8 Å². The maximum absolute atomic E-state index is 12.1. The van der Waals surface area contributed by atoms with Crippen molar-refractivity contribution in [1.82, 2.24) is 0 Å². The summed E-state index contributed by atoms with van der Waals surface area (Å²) in [5.41, 5.74) is 0.0849. The van der Waals surface area contributed by atoms with E-state index in [9.17, 15) is 9.59 Å². The minimum atomic E-state index is -1.04. The van der Waals surface area contributed by atoms with Gasteiger partial charge in [-0.3, -0.25) is 4.79 Å². The summed E-state index contributed by atoms with van der Waals surface area (Å²) in [6.45, 7) is 3.28. The summed E-state index contributed by atoms with van der Waals surface area (Å²) in [6.07, 6.45) is 2.45. The van der Waals surface area contributed by atoms with E-state index in [1.165, 1.54) is 20.3 Å². The van der Waals surface area contributed by atoms with Crippen LogP contribution in [0.25, 0.3) is 6.08 Å². The van der Waals surface area contributed by atoms with E-state index in [1.807, 2.05) is 0 Å². The van der Waals surface area contributed by atoms with Crippen molar-refractivity contribution >= 4 is 23.6 Å². The Morgan fingerprint density at radius 3 is 2.48 bits per heavy atom. The van der Waals surface area contributed by atoms with Gasteiger partial charge in [0.15, 0.2) is 0 Å². The number of aliphatic carboxylic acids is 1. The molecule has 1 aromatic carbocycles. The van der Waals surface area contributed by atoms with Crippen molar-refractivity contribution in [2.45, 2.75) is 19.4 Å². The van der Waals surface area contributed by atoms with Gasteiger partial charge in [-0.15, -0.1) is 0 Å². The fourth-order valence-electron chi connectivity index (χ4n) is 1.46. The molecule has 0 radical (unpaired) electrons. The molecule has 6 nitrogen and oxygen atoms in total. The van der Waals surface area contributed by atoms with E-state index in [0.717, 1.165) is 6.08 Å². The van der Waals surface area contributed by atoms with E-state index in [-0.39, 0.29) is 5.91 Å². The second-order valence-electron chi connectivity index (χ2n) is 4.80. The number of ether oxygens (including phenoxy) is 2. The summed E-state index contributed by atoms with van der Waals surface area (Å²) in [5, 5.41) is 11.3. The lowest BCUT2D eigenvalue weighted by Crippen LogP contribution is -2.38. The van der Waals surface area contributed by atoms with Crippen LogP contribution >= 0.6 is 0 Å². The molecule has 21 heavy (non-hydrogen) atoms. The predicted molar refractivity (Wildman–Crippen MR) is 79.4 cm³/mol. The summed E-state index contributed by atoms with van der Waals surface area (Å²) in [7, 11) is 2.93. The number of rotatable bonds is 6. The fraction of sp³-hybridized carbons (Fsp3) is 0.333. The normalized spacial score (nSPS) is 11.4. The third-order valence-electron chi connectivity index (χ3n) is 2.95. The number of carbonyl (C=O) groups is 2. The van der Waals surface area contributed by atoms with Crippen LogP contribution in [0.2, 0.25) is 0 Å². The third-order valence-corrected chi connectivity index (χ3v) is 2.95. The van der Waals surface area contributed by atoms with Crippen LogP contribution in [0, 0.1) is 0 Å². The number of benzene rings is 1. The van der Waals surface area contributed by atoms with Crippen molar-refractivity contribution in [3.05, 3.63) is 29.8 Å². The molecule has 0 fully saturated rings. The maximum atomic E-state index is 12.1. The quantitative estimate of drug-likeness (QED) is 0.785. The van der Waals surface area contributed by atoms with E-state index in [0.29, 0.717) is 17.0 Å². The minimum Gasteiger partial charge on any atom is -0.495 e. The van der Waals surface area contributed by atoms with Crippen molar-refractivity contribution in [3.8, 4) is 5.75 Å². The molecule has 0 aliphatic carbocycles. The Bertz CT molecular complexity index is 563. The molecular weight excluding hydrogens is 274 g/mol. The van der Waals surface area contributed by atoms with Crippen molar-refractivity contribution in [3.63, 3.8) is 0 Å². The molecule has 0 unspecified atom stereocenters. The Labute approximate surface area is 123 Å². The Morgan fingerprint density at radius 2 is 1.95 bits per heavy atom. The molecule has 1 aromatic rings. The van der Waals surface area contributed by atoms with Crippen LogP contribution in [-0.2, 0) is 14.3 Å². The van der Waals surface area contributed by atoms with Crippen LogP contribution in [0.3, 0.4) is 0 Å². The highest BCUT2D eigenvalue weighted by atomic mass is 16.5. The molecule has 0 aliphatic rings. The van der Waals surface area contributed by atoms with Crippen molar-refractivity contribution in [1.29, 1.82) is 0 Å². The average molecular weight is 293 g/mol. The average Bonchev–Trinajstić information content (AvgIpc) is 2.45. The van der Waals surface area contributed by atoms with Crippen molar-refractivity contribution in [2.24, 2.45) is 0 Å². The number of hydrogen-bond acceptors (Lipinski definition) is 4. The monoisotopic (exact) mass is 293 g/mol. The molecule has 0 saturated heterocycles. The molecule has 6 heteroatoms. The summed E-state index contributed by atoms with van der Waals surface area (Å²) < 4.78 is 10.3. The van der Waals surface area contributed by atoms with Gasteiger partial charge < -0.3 is 19.9 Å². The largest absolute Gasteiger partial charge is 0.495 e. The molecule has 0 heterocycles. The van der Waals surface area contributed by atoms with E-state index in [1.54, 1.807) is 32.0 Å². The van der Waals surface area contributed by atoms with Gasteiger partial charge in [0.1, 0.15) is 11.4 Å². The minimum absolute atomic E-state index is 0.331. The summed E-state index contributed by atoms with van der Waals surface area (Å²) in [4.78, 5) is 22.6. The molecule has 0 bridgehead atoms. The second kappa shape index (κ2) is 6.90. The number of nitrogens with one attached hydrogen (secondary N) is 1. The van der Waals surface area contributed by atoms with Gasteiger partial charge in [-0.1, -0.05) is 6.07 Å². The summed E-state index contributed by atoms with van der Waals surface area (Å²) >= 11 is 0. The lowest BCUT2D eigenvalue weighted by atomic mass is 10.1. The Kier molecular flexibility index (Phi) is 5.49. The highest BCUT2D eigenvalue weighted by Gasteiger charge is 2.27. The summed E-state index contributed by atoms with van der Waals surface area (Å²) in [5.74, 6) is -0.901. The Balaban J connectivity index is 3.06. The highest BCUT2D eigenvalue weighted by molar-refractivity contribution is 5.98. The van der Waals surface area contributed by atoms with Crippen molar-refractivity contribution < 1.29 is 24.2 Å². The topological polar surface area (TPSA) is 84.9 Å². The van der Waals surface area contributed by atoms with Gasteiger partial charge in [-0.25, -0.2) is 4.79 Å². The zero-order valence-corrected chi connectivity index (χ0v) is 12.5. The first kappa shape index (κ1) is 16.7. The molecule has 0 aliphatic heterocycles.